The van der Waals surface area contributed by atoms with E-state index in [2.05, 4.69) is 0 Å². The number of hydrogen-bond donors (Lipinski definition) is 0. The number of carboxylic acids is 1. The summed E-state index contributed by atoms with van der Waals surface area (Å²) in [6.45, 7) is 0. The quantitative estimate of drug-likeness (QED) is 0.422. The molecule has 0 aliphatic heterocycles. The van der Waals surface area contributed by atoms with E-state index in [1.807, 2.05) is 48.5 Å². The molecule has 3 aromatic carbocycles. The molecule has 18 heavy (non-hydrogen) atoms. The van der Waals surface area contributed by atoms with Crippen molar-refractivity contribution in [3.05, 3.63) is 60.2 Å². The van der Waals surface area contributed by atoms with E-state index in [9.17, 15) is 9.90 Å². The summed E-state index contributed by atoms with van der Waals surface area (Å²) in [5.41, 5.74) is 0.249. The maximum Gasteiger partial charge on any atom is 1.00 e. The number of carbonyl (C=O) groups excluding carboxylic acids is 1. The van der Waals surface area contributed by atoms with Crippen molar-refractivity contribution in [2.24, 2.45) is 0 Å². The number of benzene rings is 3. The van der Waals surface area contributed by atoms with Crippen LogP contribution in [0.4, 0.5) is 0 Å². The Bertz CT molecular complexity index is 735. The van der Waals surface area contributed by atoms with Crippen molar-refractivity contribution in [1.29, 1.82) is 0 Å². The molecule has 82 valence electrons. The molecule has 0 saturated carbocycles. The average molecular weight is 244 g/mol. The Labute approximate surface area is 127 Å². The van der Waals surface area contributed by atoms with Crippen molar-refractivity contribution in [1.82, 2.24) is 0 Å². The van der Waals surface area contributed by atoms with E-state index in [-0.39, 0.29) is 35.1 Å². The second kappa shape index (κ2) is 5.11. The van der Waals surface area contributed by atoms with E-state index in [0.717, 1.165) is 21.5 Å². The molecule has 0 aromatic heterocycles. The Kier molecular flexibility index (Phi) is 3.71. The Morgan fingerprint density at radius 1 is 0.833 bits per heavy atom. The zero-order valence-electron chi connectivity index (χ0n) is 10.0. The molecule has 0 aliphatic carbocycles. The van der Waals surface area contributed by atoms with Gasteiger partial charge in [-0.1, -0.05) is 48.5 Å². The van der Waals surface area contributed by atoms with Crippen molar-refractivity contribution in [2.45, 2.75) is 0 Å². The van der Waals surface area contributed by atoms with E-state index in [1.165, 1.54) is 0 Å². The number of hydrogen-bond acceptors (Lipinski definition) is 2. The van der Waals surface area contributed by atoms with E-state index >= 15 is 0 Å². The van der Waals surface area contributed by atoms with Crippen LogP contribution in [0.1, 0.15) is 10.4 Å². The second-order valence-electron chi connectivity index (χ2n) is 3.98. The molecular weight excluding hydrogens is 235 g/mol. The van der Waals surface area contributed by atoms with E-state index in [1.54, 1.807) is 6.07 Å². The van der Waals surface area contributed by atoms with E-state index in [4.69, 9.17) is 0 Å². The number of rotatable bonds is 1. The molecule has 0 amide bonds. The summed E-state index contributed by atoms with van der Waals surface area (Å²) in [5, 5.41) is 14.8. The SMILES string of the molecule is O=C([O-])c1cc2ccccc2c2ccccc12.[Na+]. The van der Waals surface area contributed by atoms with Crippen molar-refractivity contribution in [2.75, 3.05) is 0 Å². The molecule has 3 rings (SSSR count). The molecule has 0 atom stereocenters. The third-order valence-electron chi connectivity index (χ3n) is 2.99. The van der Waals surface area contributed by atoms with Gasteiger partial charge in [-0.25, -0.2) is 0 Å². The van der Waals surface area contributed by atoms with Gasteiger partial charge in [0.25, 0.3) is 0 Å². The van der Waals surface area contributed by atoms with Gasteiger partial charge in [0, 0.05) is 5.56 Å². The summed E-state index contributed by atoms with van der Waals surface area (Å²) in [5.74, 6) is -1.13. The van der Waals surface area contributed by atoms with Gasteiger partial charge in [-0.05, 0) is 27.6 Å². The molecule has 2 nitrogen and oxygen atoms in total. The number of carboxylic acid groups (broad SMARTS) is 1. The first-order chi connectivity index (χ1) is 8.27. The topological polar surface area (TPSA) is 40.1 Å². The molecule has 0 N–H and O–H groups in total. The predicted octanol–water partition coefficient (Wildman–Crippen LogP) is -0.639. The molecule has 0 aliphatic rings. The van der Waals surface area contributed by atoms with Crippen molar-refractivity contribution in [3.8, 4) is 0 Å². The fraction of sp³-hybridized carbons (Fsp3) is 0. The van der Waals surface area contributed by atoms with Crippen LogP contribution in [0.25, 0.3) is 21.5 Å². The first-order valence-electron chi connectivity index (χ1n) is 5.39. The van der Waals surface area contributed by atoms with Crippen molar-refractivity contribution >= 4 is 27.5 Å². The van der Waals surface area contributed by atoms with Crippen molar-refractivity contribution < 1.29 is 39.5 Å². The van der Waals surface area contributed by atoms with Crippen LogP contribution in [0.5, 0.6) is 0 Å². The van der Waals surface area contributed by atoms with E-state index in [0.29, 0.717) is 0 Å². The van der Waals surface area contributed by atoms with Crippen LogP contribution in [0.15, 0.2) is 54.6 Å². The molecule has 3 heteroatoms. The van der Waals surface area contributed by atoms with Gasteiger partial charge >= 0.3 is 29.6 Å². The van der Waals surface area contributed by atoms with Gasteiger partial charge < -0.3 is 9.90 Å². The largest absolute Gasteiger partial charge is 1.00 e. The van der Waals surface area contributed by atoms with Gasteiger partial charge in [0.2, 0.25) is 0 Å². The first-order valence-corrected chi connectivity index (χ1v) is 5.39. The van der Waals surface area contributed by atoms with Crippen LogP contribution >= 0.6 is 0 Å². The molecule has 0 spiro atoms. The summed E-state index contributed by atoms with van der Waals surface area (Å²) >= 11 is 0. The Hall–Kier alpha value is -1.35. The van der Waals surface area contributed by atoms with Crippen LogP contribution in [-0.2, 0) is 0 Å². The average Bonchev–Trinajstić information content (AvgIpc) is 2.37. The Morgan fingerprint density at radius 2 is 1.39 bits per heavy atom. The normalized spacial score (nSPS) is 10.2. The third kappa shape index (κ3) is 2.03. The molecule has 0 unspecified atom stereocenters. The maximum atomic E-state index is 11.1. The summed E-state index contributed by atoms with van der Waals surface area (Å²) in [7, 11) is 0. The minimum absolute atomic E-state index is 0. The zero-order valence-corrected chi connectivity index (χ0v) is 12.0. The number of aromatic carboxylic acids is 1. The molecule has 0 radical (unpaired) electrons. The van der Waals surface area contributed by atoms with Gasteiger partial charge in [-0.2, -0.15) is 0 Å². The Balaban J connectivity index is 0.00000120. The molecular formula is C15H9NaO2. The molecule has 0 saturated heterocycles. The zero-order chi connectivity index (χ0) is 11.8. The van der Waals surface area contributed by atoms with Crippen LogP contribution < -0.4 is 34.7 Å². The van der Waals surface area contributed by atoms with Gasteiger partial charge in [0.15, 0.2) is 0 Å². The fourth-order valence-electron chi connectivity index (χ4n) is 2.22. The van der Waals surface area contributed by atoms with Gasteiger partial charge in [-0.15, -0.1) is 0 Å². The minimum Gasteiger partial charge on any atom is -0.545 e. The minimum atomic E-state index is -1.13. The van der Waals surface area contributed by atoms with Gasteiger partial charge in [0.1, 0.15) is 0 Å². The third-order valence-corrected chi connectivity index (χ3v) is 2.99. The number of carbonyl (C=O) groups is 1. The second-order valence-corrected chi connectivity index (χ2v) is 3.98. The van der Waals surface area contributed by atoms with Gasteiger partial charge in [0.05, 0.1) is 5.97 Å². The van der Waals surface area contributed by atoms with E-state index < -0.39 is 5.97 Å². The first kappa shape index (κ1) is 13.1. The van der Waals surface area contributed by atoms with Crippen LogP contribution in [0, 0.1) is 0 Å². The molecule has 0 heterocycles. The molecule has 3 aromatic rings. The smallest absolute Gasteiger partial charge is 0.545 e. The molecule has 0 fully saturated rings. The van der Waals surface area contributed by atoms with Crippen LogP contribution in [-0.4, -0.2) is 5.97 Å². The Morgan fingerprint density at radius 3 is 2.06 bits per heavy atom. The summed E-state index contributed by atoms with van der Waals surface area (Å²) in [6.07, 6.45) is 0. The van der Waals surface area contributed by atoms with Crippen molar-refractivity contribution in [3.63, 3.8) is 0 Å². The maximum absolute atomic E-state index is 11.1. The monoisotopic (exact) mass is 244 g/mol. The van der Waals surface area contributed by atoms with Crippen LogP contribution in [0.3, 0.4) is 0 Å². The predicted molar refractivity (Wildman–Crippen MR) is 65.8 cm³/mol. The summed E-state index contributed by atoms with van der Waals surface area (Å²) in [6, 6.07) is 16.9. The summed E-state index contributed by atoms with van der Waals surface area (Å²) < 4.78 is 0. The van der Waals surface area contributed by atoms with Gasteiger partial charge in [-0.3, -0.25) is 0 Å². The number of fused-ring (bicyclic) bond motifs is 3. The summed E-state index contributed by atoms with van der Waals surface area (Å²) in [4.78, 5) is 11.1. The molecule has 0 bridgehead atoms. The fourth-order valence-corrected chi connectivity index (χ4v) is 2.22. The van der Waals surface area contributed by atoms with Crippen LogP contribution in [0.2, 0.25) is 0 Å². The standard InChI is InChI=1S/C15H10O2.Na/c16-15(17)14-9-10-5-1-2-6-11(10)12-7-3-4-8-13(12)14;/h1-9H,(H,16,17);/q;+1/p-1.